The molecule has 12 rings (SSSR count). The van der Waals surface area contributed by atoms with E-state index >= 15 is 0 Å². The van der Waals surface area contributed by atoms with Crippen molar-refractivity contribution in [2.75, 3.05) is 4.90 Å². The molecule has 0 saturated carbocycles. The van der Waals surface area contributed by atoms with Gasteiger partial charge in [-0.2, -0.15) is 0 Å². The van der Waals surface area contributed by atoms with Crippen LogP contribution in [0.15, 0.2) is 245 Å². The molecule has 0 radical (unpaired) electrons. The molecule has 0 aliphatic heterocycles. The predicted molar refractivity (Wildman–Crippen MR) is 263 cm³/mol. The van der Waals surface area contributed by atoms with E-state index in [9.17, 15) is 0 Å². The summed E-state index contributed by atoms with van der Waals surface area (Å²) in [6.07, 6.45) is 0. The Morgan fingerprint density at radius 3 is 1.25 bits per heavy atom. The van der Waals surface area contributed by atoms with Gasteiger partial charge in [0.15, 0.2) is 0 Å². The summed E-state index contributed by atoms with van der Waals surface area (Å²) in [6.45, 7) is 0. The number of furan rings is 2. The minimum atomic E-state index is 0.882. The highest BCUT2D eigenvalue weighted by molar-refractivity contribution is 6.11. The van der Waals surface area contributed by atoms with Gasteiger partial charge in [-0.3, -0.25) is 0 Å². The number of fused-ring (bicyclic) bond motifs is 6. The number of hydrogen-bond acceptors (Lipinski definition) is 3. The minimum Gasteiger partial charge on any atom is -0.455 e. The van der Waals surface area contributed by atoms with E-state index in [1.165, 1.54) is 11.1 Å². The molecule has 0 unspecified atom stereocenters. The summed E-state index contributed by atoms with van der Waals surface area (Å²) in [5.41, 5.74) is 18.1. The molecule has 0 bridgehead atoms. The lowest BCUT2D eigenvalue weighted by atomic mass is 9.97. The summed E-state index contributed by atoms with van der Waals surface area (Å²) in [5, 5.41) is 4.47. The summed E-state index contributed by atoms with van der Waals surface area (Å²) in [7, 11) is 0. The molecule has 12 aromatic rings. The molecule has 2 heterocycles. The first-order valence-electron chi connectivity index (χ1n) is 21.4. The van der Waals surface area contributed by atoms with Crippen LogP contribution in [0.3, 0.4) is 0 Å². The van der Waals surface area contributed by atoms with Gasteiger partial charge < -0.3 is 13.7 Å². The van der Waals surface area contributed by atoms with Crippen LogP contribution in [0.2, 0.25) is 0 Å². The Bertz CT molecular complexity index is 3530. The maximum absolute atomic E-state index is 6.52. The van der Waals surface area contributed by atoms with E-state index in [4.69, 9.17) is 8.83 Å². The molecule has 10 aromatic carbocycles. The highest BCUT2D eigenvalue weighted by Gasteiger charge is 2.19. The zero-order valence-electron chi connectivity index (χ0n) is 34.3. The van der Waals surface area contributed by atoms with Gasteiger partial charge in [-0.05, 0) is 105 Å². The number of para-hydroxylation sites is 3. The lowest BCUT2D eigenvalue weighted by molar-refractivity contribution is 0.669. The molecular weight excluding hydrogens is 767 g/mol. The monoisotopic (exact) mass is 805 g/mol. The quantitative estimate of drug-likeness (QED) is 0.153. The van der Waals surface area contributed by atoms with Crippen LogP contribution in [-0.4, -0.2) is 0 Å². The summed E-state index contributed by atoms with van der Waals surface area (Å²) in [5.74, 6) is 0. The van der Waals surface area contributed by atoms with Crippen molar-refractivity contribution in [1.82, 2.24) is 0 Å². The Balaban J connectivity index is 0.978. The summed E-state index contributed by atoms with van der Waals surface area (Å²) in [6, 6.07) is 84.1. The molecule has 2 aromatic heterocycles. The average Bonchev–Trinajstić information content (AvgIpc) is 3.94. The van der Waals surface area contributed by atoms with Crippen molar-refractivity contribution in [3.05, 3.63) is 237 Å². The van der Waals surface area contributed by atoms with Crippen LogP contribution in [0.4, 0.5) is 17.1 Å². The van der Waals surface area contributed by atoms with Gasteiger partial charge >= 0.3 is 0 Å². The first-order chi connectivity index (χ1) is 31.2. The zero-order chi connectivity index (χ0) is 41.7. The molecule has 296 valence electrons. The Hall–Kier alpha value is -8.40. The molecule has 0 amide bonds. The first-order valence-corrected chi connectivity index (χ1v) is 21.4. The van der Waals surface area contributed by atoms with Crippen molar-refractivity contribution in [3.8, 4) is 55.6 Å². The highest BCUT2D eigenvalue weighted by atomic mass is 16.3. The Kier molecular flexibility index (Phi) is 8.83. The molecule has 0 atom stereocenters. The molecule has 0 saturated heterocycles. The fourth-order valence-electron chi connectivity index (χ4n) is 9.17. The summed E-state index contributed by atoms with van der Waals surface area (Å²) < 4.78 is 13.0. The van der Waals surface area contributed by atoms with Crippen LogP contribution in [0.1, 0.15) is 0 Å². The van der Waals surface area contributed by atoms with Crippen LogP contribution in [0.25, 0.3) is 99.5 Å². The van der Waals surface area contributed by atoms with E-state index in [0.717, 1.165) is 105 Å². The molecule has 63 heavy (non-hydrogen) atoms. The van der Waals surface area contributed by atoms with Crippen molar-refractivity contribution < 1.29 is 8.83 Å². The third kappa shape index (κ3) is 6.55. The van der Waals surface area contributed by atoms with Gasteiger partial charge in [0.25, 0.3) is 0 Å². The minimum absolute atomic E-state index is 0.882. The fourth-order valence-corrected chi connectivity index (χ4v) is 9.17. The van der Waals surface area contributed by atoms with E-state index in [0.29, 0.717) is 0 Å². The fraction of sp³-hybridized carbons (Fsp3) is 0. The number of nitrogens with zero attached hydrogens (tertiary/aromatic N) is 1. The smallest absolute Gasteiger partial charge is 0.143 e. The second kappa shape index (κ2) is 15.3. The number of anilines is 3. The van der Waals surface area contributed by atoms with Crippen LogP contribution >= 0.6 is 0 Å². The average molecular weight is 806 g/mol. The van der Waals surface area contributed by atoms with E-state index in [-0.39, 0.29) is 0 Å². The third-order valence-corrected chi connectivity index (χ3v) is 12.3. The van der Waals surface area contributed by atoms with Gasteiger partial charge in [0.05, 0.1) is 0 Å². The van der Waals surface area contributed by atoms with Gasteiger partial charge in [0.2, 0.25) is 0 Å². The Labute approximate surface area is 365 Å². The molecule has 0 spiro atoms. The van der Waals surface area contributed by atoms with Crippen molar-refractivity contribution in [2.24, 2.45) is 0 Å². The van der Waals surface area contributed by atoms with E-state index in [1.807, 2.05) is 18.2 Å². The Morgan fingerprint density at radius 2 is 0.667 bits per heavy atom. The summed E-state index contributed by atoms with van der Waals surface area (Å²) in [4.78, 5) is 2.37. The van der Waals surface area contributed by atoms with Crippen LogP contribution in [0, 0.1) is 0 Å². The molecular formula is C60H39NO2. The largest absolute Gasteiger partial charge is 0.455 e. The van der Waals surface area contributed by atoms with Gasteiger partial charge in [-0.25, -0.2) is 0 Å². The Morgan fingerprint density at radius 1 is 0.238 bits per heavy atom. The molecule has 0 aliphatic rings. The van der Waals surface area contributed by atoms with Crippen molar-refractivity contribution >= 4 is 60.9 Å². The lowest BCUT2D eigenvalue weighted by Gasteiger charge is -2.27. The highest BCUT2D eigenvalue weighted by Crippen LogP contribution is 2.43. The van der Waals surface area contributed by atoms with Gasteiger partial charge in [-0.1, -0.05) is 176 Å². The zero-order valence-corrected chi connectivity index (χ0v) is 34.3. The van der Waals surface area contributed by atoms with E-state index < -0.39 is 0 Å². The molecule has 3 nitrogen and oxygen atoms in total. The van der Waals surface area contributed by atoms with Gasteiger partial charge in [-0.15, -0.1) is 0 Å². The topological polar surface area (TPSA) is 29.5 Å². The second-order valence-corrected chi connectivity index (χ2v) is 16.1. The van der Waals surface area contributed by atoms with Crippen molar-refractivity contribution in [1.29, 1.82) is 0 Å². The number of benzene rings is 10. The van der Waals surface area contributed by atoms with Crippen LogP contribution < -0.4 is 4.90 Å². The standard InChI is InChI=1S/C60H39NO2/c1-4-14-40(15-5-1)46-36-47(41-16-6-2-7-17-41)38-50(37-46)61(49-33-28-44(29-34-49)52-22-12-23-54-53-20-10-11-25-57(53)62-59(52)54)48-31-26-42(27-32-48)45-30-35-58-56(39-45)55-24-13-21-51(60(55)63-58)43-18-8-3-9-19-43/h1-39H. The molecule has 0 N–H and O–H groups in total. The maximum Gasteiger partial charge on any atom is 0.143 e. The second-order valence-electron chi connectivity index (χ2n) is 16.1. The van der Waals surface area contributed by atoms with Gasteiger partial charge in [0.1, 0.15) is 22.3 Å². The SMILES string of the molecule is c1ccc(-c2cc(-c3ccccc3)cc(N(c3ccc(-c4ccc5oc6c(-c7ccccc7)cccc6c5c4)cc3)c3ccc(-c4cccc5c4oc4ccccc45)cc3)c2)cc1. The first kappa shape index (κ1) is 36.5. The van der Waals surface area contributed by atoms with E-state index in [2.05, 4.69) is 223 Å². The van der Waals surface area contributed by atoms with Crippen LogP contribution in [0.5, 0.6) is 0 Å². The van der Waals surface area contributed by atoms with Crippen molar-refractivity contribution in [3.63, 3.8) is 0 Å². The van der Waals surface area contributed by atoms with Crippen LogP contribution in [-0.2, 0) is 0 Å². The summed E-state index contributed by atoms with van der Waals surface area (Å²) >= 11 is 0. The number of rotatable bonds is 8. The molecule has 0 aliphatic carbocycles. The van der Waals surface area contributed by atoms with E-state index in [1.54, 1.807) is 0 Å². The maximum atomic E-state index is 6.52. The lowest BCUT2D eigenvalue weighted by Crippen LogP contribution is -2.10. The molecule has 3 heteroatoms. The van der Waals surface area contributed by atoms with Crippen molar-refractivity contribution in [2.45, 2.75) is 0 Å². The normalized spacial score (nSPS) is 11.5. The van der Waals surface area contributed by atoms with Gasteiger partial charge in [0, 0.05) is 49.7 Å². The predicted octanol–water partition coefficient (Wildman–Crippen LogP) is 17.3. The number of hydrogen-bond donors (Lipinski definition) is 0. The third-order valence-electron chi connectivity index (χ3n) is 12.3. The molecule has 0 fully saturated rings.